The van der Waals surface area contributed by atoms with Crippen molar-refractivity contribution in [3.63, 3.8) is 0 Å². The second-order valence-electron chi connectivity index (χ2n) is 5.95. The fraction of sp³-hybridized carbons (Fsp3) is 0.929. The Hall–Kier alpha value is -0.610. The van der Waals surface area contributed by atoms with Gasteiger partial charge in [-0.25, -0.2) is 0 Å². The summed E-state index contributed by atoms with van der Waals surface area (Å²) in [5, 5.41) is 9.47. The van der Waals surface area contributed by atoms with E-state index < -0.39 is 5.97 Å². The Kier molecular flexibility index (Phi) is 5.01. The molecule has 1 saturated carbocycles. The molecule has 0 radical (unpaired) electrons. The van der Waals surface area contributed by atoms with E-state index >= 15 is 0 Å². The molecule has 2 aliphatic rings. The molecule has 1 saturated heterocycles. The third kappa shape index (κ3) is 3.69. The van der Waals surface area contributed by atoms with Crippen molar-refractivity contribution in [1.82, 2.24) is 9.80 Å². The van der Waals surface area contributed by atoms with Gasteiger partial charge < -0.3 is 10.0 Å². The maximum Gasteiger partial charge on any atom is 0.308 e. The Morgan fingerprint density at radius 2 is 1.78 bits per heavy atom. The van der Waals surface area contributed by atoms with Crippen LogP contribution < -0.4 is 0 Å². The lowest BCUT2D eigenvalue weighted by atomic mass is 9.79. The van der Waals surface area contributed by atoms with E-state index in [9.17, 15) is 9.90 Å². The number of piperazine rings is 1. The van der Waals surface area contributed by atoms with Gasteiger partial charge in [-0.15, -0.1) is 0 Å². The average molecular weight is 254 g/mol. The number of likely N-dealkylation sites (N-methyl/N-ethyl adjacent to an activating group) is 1. The van der Waals surface area contributed by atoms with Crippen molar-refractivity contribution in [3.8, 4) is 0 Å². The Morgan fingerprint density at radius 1 is 1.17 bits per heavy atom. The van der Waals surface area contributed by atoms with Crippen molar-refractivity contribution in [1.29, 1.82) is 0 Å². The van der Waals surface area contributed by atoms with E-state index in [0.717, 1.165) is 45.6 Å². The Labute approximate surface area is 110 Å². The first kappa shape index (κ1) is 13.8. The van der Waals surface area contributed by atoms with E-state index in [2.05, 4.69) is 16.8 Å². The second-order valence-corrected chi connectivity index (χ2v) is 5.95. The maximum atomic E-state index is 11.5. The Morgan fingerprint density at radius 3 is 2.33 bits per heavy atom. The largest absolute Gasteiger partial charge is 0.481 e. The number of aliphatic carboxylic acids is 1. The molecule has 1 heterocycles. The van der Waals surface area contributed by atoms with Gasteiger partial charge >= 0.3 is 5.97 Å². The smallest absolute Gasteiger partial charge is 0.308 e. The van der Waals surface area contributed by atoms with Crippen LogP contribution in [0.1, 0.15) is 32.1 Å². The Balaban J connectivity index is 1.87. The molecule has 0 amide bonds. The molecule has 0 aromatic rings. The zero-order valence-corrected chi connectivity index (χ0v) is 11.5. The summed E-state index contributed by atoms with van der Waals surface area (Å²) in [5.74, 6) is -0.314. The normalized spacial score (nSPS) is 26.1. The van der Waals surface area contributed by atoms with Crippen molar-refractivity contribution in [2.24, 2.45) is 11.8 Å². The molecule has 0 aromatic carbocycles. The third-order valence-electron chi connectivity index (χ3n) is 4.59. The molecule has 1 unspecified atom stereocenters. The summed E-state index contributed by atoms with van der Waals surface area (Å²) in [6.45, 7) is 4.93. The second kappa shape index (κ2) is 6.53. The summed E-state index contributed by atoms with van der Waals surface area (Å²) in [6.07, 6.45) is 5.96. The van der Waals surface area contributed by atoms with Gasteiger partial charge in [0.25, 0.3) is 0 Å². The van der Waals surface area contributed by atoms with Crippen LogP contribution in [0.3, 0.4) is 0 Å². The molecule has 1 aliphatic heterocycles. The van der Waals surface area contributed by atoms with Crippen LogP contribution in [0.5, 0.6) is 0 Å². The molecule has 2 fully saturated rings. The van der Waals surface area contributed by atoms with Gasteiger partial charge in [0.2, 0.25) is 0 Å². The number of hydrogen-bond donors (Lipinski definition) is 1. The zero-order chi connectivity index (χ0) is 13.0. The molecule has 0 bridgehead atoms. The summed E-state index contributed by atoms with van der Waals surface area (Å²) in [7, 11) is 2.13. The number of carboxylic acid groups (broad SMARTS) is 1. The van der Waals surface area contributed by atoms with E-state index in [0.29, 0.717) is 5.92 Å². The Bertz CT molecular complexity index is 269. The van der Waals surface area contributed by atoms with Crippen molar-refractivity contribution in [2.45, 2.75) is 32.1 Å². The lowest BCUT2D eigenvalue weighted by Crippen LogP contribution is -2.48. The van der Waals surface area contributed by atoms with E-state index in [1.165, 1.54) is 19.3 Å². The van der Waals surface area contributed by atoms with Crippen LogP contribution in [-0.2, 0) is 4.79 Å². The molecule has 18 heavy (non-hydrogen) atoms. The van der Waals surface area contributed by atoms with Crippen LogP contribution in [0.25, 0.3) is 0 Å². The van der Waals surface area contributed by atoms with Crippen LogP contribution in [-0.4, -0.2) is 60.6 Å². The van der Waals surface area contributed by atoms with Gasteiger partial charge in [0, 0.05) is 32.7 Å². The summed E-state index contributed by atoms with van der Waals surface area (Å²) in [5.41, 5.74) is 0. The maximum absolute atomic E-state index is 11.5. The van der Waals surface area contributed by atoms with Crippen molar-refractivity contribution >= 4 is 5.97 Å². The molecule has 0 aromatic heterocycles. The fourth-order valence-electron chi connectivity index (χ4n) is 3.27. The number of carbonyl (C=O) groups is 1. The van der Waals surface area contributed by atoms with Crippen LogP contribution in [0.15, 0.2) is 0 Å². The van der Waals surface area contributed by atoms with Gasteiger partial charge in [-0.2, -0.15) is 0 Å². The summed E-state index contributed by atoms with van der Waals surface area (Å²) in [4.78, 5) is 16.2. The first-order chi connectivity index (χ1) is 8.66. The van der Waals surface area contributed by atoms with Gasteiger partial charge in [0.05, 0.1) is 5.92 Å². The zero-order valence-electron chi connectivity index (χ0n) is 11.5. The lowest BCUT2D eigenvalue weighted by molar-refractivity contribution is -0.145. The van der Waals surface area contributed by atoms with Crippen molar-refractivity contribution in [2.75, 3.05) is 39.8 Å². The van der Waals surface area contributed by atoms with Crippen molar-refractivity contribution < 1.29 is 9.90 Å². The minimum atomic E-state index is -0.583. The molecular weight excluding hydrogens is 228 g/mol. The number of rotatable bonds is 4. The monoisotopic (exact) mass is 254 g/mol. The molecule has 4 heteroatoms. The van der Waals surface area contributed by atoms with Gasteiger partial charge in [-0.05, 0) is 25.8 Å². The van der Waals surface area contributed by atoms with Gasteiger partial charge in [0.1, 0.15) is 0 Å². The highest BCUT2D eigenvalue weighted by Gasteiger charge is 2.31. The molecule has 104 valence electrons. The summed E-state index contributed by atoms with van der Waals surface area (Å²) in [6, 6.07) is 0. The molecule has 1 N–H and O–H groups in total. The first-order valence-electron chi connectivity index (χ1n) is 7.30. The van der Waals surface area contributed by atoms with Crippen LogP contribution in [0.2, 0.25) is 0 Å². The molecule has 1 aliphatic carbocycles. The highest BCUT2D eigenvalue weighted by molar-refractivity contribution is 5.70. The molecule has 2 rings (SSSR count). The van der Waals surface area contributed by atoms with Gasteiger partial charge in [0.15, 0.2) is 0 Å². The first-order valence-corrected chi connectivity index (χ1v) is 7.30. The quantitative estimate of drug-likeness (QED) is 0.826. The van der Waals surface area contributed by atoms with E-state index in [1.54, 1.807) is 0 Å². The van der Waals surface area contributed by atoms with Gasteiger partial charge in [-0.3, -0.25) is 9.69 Å². The van der Waals surface area contributed by atoms with Crippen molar-refractivity contribution in [3.05, 3.63) is 0 Å². The van der Waals surface area contributed by atoms with Gasteiger partial charge in [-0.1, -0.05) is 19.3 Å². The predicted octanol–water partition coefficient (Wildman–Crippen LogP) is 1.51. The van der Waals surface area contributed by atoms with Crippen LogP contribution >= 0.6 is 0 Å². The molecule has 0 spiro atoms. The number of hydrogen-bond acceptors (Lipinski definition) is 3. The van der Waals surface area contributed by atoms with E-state index in [4.69, 9.17) is 0 Å². The lowest BCUT2D eigenvalue weighted by Gasteiger charge is -2.36. The predicted molar refractivity (Wildman–Crippen MR) is 71.6 cm³/mol. The van der Waals surface area contributed by atoms with E-state index in [1.807, 2.05) is 0 Å². The number of carboxylic acids is 1. The topological polar surface area (TPSA) is 43.8 Å². The highest BCUT2D eigenvalue weighted by Crippen LogP contribution is 2.30. The average Bonchev–Trinajstić information content (AvgIpc) is 2.38. The highest BCUT2D eigenvalue weighted by atomic mass is 16.4. The minimum absolute atomic E-state index is 0.145. The SMILES string of the molecule is CN1CCN(CC(C(=O)O)C2CCCCC2)CC1. The molecule has 4 nitrogen and oxygen atoms in total. The van der Waals surface area contributed by atoms with E-state index in [-0.39, 0.29) is 5.92 Å². The fourth-order valence-corrected chi connectivity index (χ4v) is 3.27. The number of nitrogens with zero attached hydrogens (tertiary/aromatic N) is 2. The standard InChI is InChI=1S/C14H26N2O2/c1-15-7-9-16(10-8-15)11-13(14(17)18)12-5-3-2-4-6-12/h12-13H,2-11H2,1H3,(H,17,18). The summed E-state index contributed by atoms with van der Waals surface area (Å²) >= 11 is 0. The molecule has 1 atom stereocenters. The summed E-state index contributed by atoms with van der Waals surface area (Å²) < 4.78 is 0. The minimum Gasteiger partial charge on any atom is -0.481 e. The van der Waals surface area contributed by atoms with Crippen LogP contribution in [0.4, 0.5) is 0 Å². The van der Waals surface area contributed by atoms with Crippen LogP contribution in [0, 0.1) is 11.8 Å². The molecular formula is C14H26N2O2. The third-order valence-corrected chi connectivity index (χ3v) is 4.59.